The minimum Gasteiger partial charge on any atom is -0.497 e. The molecule has 1 amide bonds. The van der Waals surface area contributed by atoms with Crippen LogP contribution in [0.2, 0.25) is 0 Å². The van der Waals surface area contributed by atoms with E-state index in [0.29, 0.717) is 6.61 Å². The van der Waals surface area contributed by atoms with Crippen LogP contribution in [0.1, 0.15) is 33.3 Å². The molecule has 0 aromatic heterocycles. The van der Waals surface area contributed by atoms with Crippen LogP contribution in [0.25, 0.3) is 0 Å². The van der Waals surface area contributed by atoms with Crippen molar-refractivity contribution in [2.75, 3.05) is 20.8 Å². The molecule has 7 heteroatoms. The molecule has 0 radical (unpaired) electrons. The van der Waals surface area contributed by atoms with Crippen molar-refractivity contribution in [3.8, 4) is 5.75 Å². The number of ether oxygens (including phenoxy) is 4. The van der Waals surface area contributed by atoms with Gasteiger partial charge in [0.1, 0.15) is 17.4 Å². The van der Waals surface area contributed by atoms with Gasteiger partial charge in [-0.3, -0.25) is 0 Å². The van der Waals surface area contributed by atoms with Crippen LogP contribution in [-0.4, -0.2) is 44.5 Å². The van der Waals surface area contributed by atoms with Crippen molar-refractivity contribution in [1.29, 1.82) is 0 Å². The van der Waals surface area contributed by atoms with Crippen LogP contribution in [0, 0.1) is 5.92 Å². The van der Waals surface area contributed by atoms with E-state index in [9.17, 15) is 9.59 Å². The molecule has 1 aromatic carbocycles. The zero-order valence-electron chi connectivity index (χ0n) is 16.3. The third-order valence-electron chi connectivity index (χ3n) is 3.50. The van der Waals surface area contributed by atoms with E-state index in [1.165, 1.54) is 7.11 Å². The highest BCUT2D eigenvalue weighted by molar-refractivity contribution is 5.81. The second-order valence-electron chi connectivity index (χ2n) is 6.99. The van der Waals surface area contributed by atoms with Crippen LogP contribution in [0.4, 0.5) is 4.79 Å². The Labute approximate surface area is 155 Å². The van der Waals surface area contributed by atoms with Gasteiger partial charge in [0.25, 0.3) is 0 Å². The van der Waals surface area contributed by atoms with Crippen molar-refractivity contribution < 1.29 is 28.5 Å². The summed E-state index contributed by atoms with van der Waals surface area (Å²) in [6.07, 6.45) is -0.671. The highest BCUT2D eigenvalue weighted by Crippen LogP contribution is 2.14. The van der Waals surface area contributed by atoms with Gasteiger partial charge >= 0.3 is 12.1 Å². The lowest BCUT2D eigenvalue weighted by molar-refractivity contribution is -0.145. The van der Waals surface area contributed by atoms with Crippen molar-refractivity contribution in [3.63, 3.8) is 0 Å². The van der Waals surface area contributed by atoms with Gasteiger partial charge in [0.05, 0.1) is 27.4 Å². The summed E-state index contributed by atoms with van der Waals surface area (Å²) in [6, 6.07) is 6.65. The summed E-state index contributed by atoms with van der Waals surface area (Å²) in [4.78, 5) is 24.0. The molecule has 0 aliphatic rings. The summed E-state index contributed by atoms with van der Waals surface area (Å²) in [5, 5.41) is 2.56. The average Bonchev–Trinajstić information content (AvgIpc) is 2.58. The van der Waals surface area contributed by atoms with Gasteiger partial charge in [-0.15, -0.1) is 0 Å². The van der Waals surface area contributed by atoms with E-state index < -0.39 is 23.7 Å². The molecule has 26 heavy (non-hydrogen) atoms. The number of alkyl carbamates (subject to hydrolysis) is 1. The van der Waals surface area contributed by atoms with Gasteiger partial charge in [-0.2, -0.15) is 0 Å². The molecule has 0 aliphatic carbocycles. The van der Waals surface area contributed by atoms with Crippen molar-refractivity contribution in [1.82, 2.24) is 5.32 Å². The van der Waals surface area contributed by atoms with E-state index >= 15 is 0 Å². The Kier molecular flexibility index (Phi) is 8.38. The van der Waals surface area contributed by atoms with Gasteiger partial charge in [0, 0.05) is 5.92 Å². The SMILES string of the molecule is COC(=O)[C@H](NC(=O)OC(C)(C)C)[C@H](C)COCc1ccc(OC)cc1. The Bertz CT molecular complexity index is 579. The quantitative estimate of drug-likeness (QED) is 0.712. The number of benzene rings is 1. The molecule has 1 rings (SSSR count). The molecule has 0 bridgehead atoms. The predicted molar refractivity (Wildman–Crippen MR) is 97.0 cm³/mol. The van der Waals surface area contributed by atoms with E-state index in [-0.39, 0.29) is 12.5 Å². The van der Waals surface area contributed by atoms with Gasteiger partial charge in [-0.25, -0.2) is 9.59 Å². The summed E-state index contributed by atoms with van der Waals surface area (Å²) < 4.78 is 20.8. The lowest BCUT2D eigenvalue weighted by Crippen LogP contribution is -2.48. The normalized spacial score (nSPS) is 13.5. The lowest BCUT2D eigenvalue weighted by atomic mass is 10.0. The predicted octanol–water partition coefficient (Wildman–Crippen LogP) is 2.91. The van der Waals surface area contributed by atoms with Crippen LogP contribution in [0.15, 0.2) is 24.3 Å². The number of rotatable bonds is 8. The van der Waals surface area contributed by atoms with Gasteiger partial charge < -0.3 is 24.3 Å². The van der Waals surface area contributed by atoms with Crippen molar-refractivity contribution in [2.45, 2.75) is 45.9 Å². The number of nitrogens with one attached hydrogen (secondary N) is 1. The highest BCUT2D eigenvalue weighted by atomic mass is 16.6. The summed E-state index contributed by atoms with van der Waals surface area (Å²) in [5.41, 5.74) is 0.325. The van der Waals surface area contributed by atoms with Gasteiger partial charge in [0.15, 0.2) is 0 Å². The van der Waals surface area contributed by atoms with E-state index in [1.54, 1.807) is 34.8 Å². The highest BCUT2D eigenvalue weighted by Gasteiger charge is 2.30. The molecule has 0 spiro atoms. The van der Waals surface area contributed by atoms with Crippen molar-refractivity contribution in [2.24, 2.45) is 5.92 Å². The fourth-order valence-corrected chi connectivity index (χ4v) is 2.18. The topological polar surface area (TPSA) is 83.1 Å². The molecule has 1 N–H and O–H groups in total. The maximum Gasteiger partial charge on any atom is 0.408 e. The Balaban J connectivity index is 2.57. The third kappa shape index (κ3) is 7.74. The fourth-order valence-electron chi connectivity index (χ4n) is 2.18. The van der Waals surface area contributed by atoms with Gasteiger partial charge in [-0.1, -0.05) is 19.1 Å². The Morgan fingerprint density at radius 1 is 1.12 bits per heavy atom. The first kappa shape index (κ1) is 21.8. The van der Waals surface area contributed by atoms with Gasteiger partial charge in [-0.05, 0) is 38.5 Å². The first-order chi connectivity index (χ1) is 12.2. The number of esters is 1. The number of hydrogen-bond donors (Lipinski definition) is 1. The van der Waals surface area contributed by atoms with Crippen LogP contribution in [0.5, 0.6) is 5.75 Å². The molecule has 2 atom stereocenters. The molecular weight excluding hydrogens is 338 g/mol. The Hall–Kier alpha value is -2.28. The summed E-state index contributed by atoms with van der Waals surface area (Å²) in [5.74, 6) is -0.0703. The van der Waals surface area contributed by atoms with Crippen LogP contribution >= 0.6 is 0 Å². The maximum absolute atomic E-state index is 12.0. The molecule has 146 valence electrons. The number of amides is 1. The smallest absolute Gasteiger partial charge is 0.408 e. The van der Waals surface area contributed by atoms with Crippen LogP contribution < -0.4 is 10.1 Å². The monoisotopic (exact) mass is 367 g/mol. The van der Waals surface area contributed by atoms with Crippen molar-refractivity contribution in [3.05, 3.63) is 29.8 Å². The lowest BCUT2D eigenvalue weighted by Gasteiger charge is -2.25. The number of methoxy groups -OCH3 is 2. The number of carbonyl (C=O) groups excluding carboxylic acids is 2. The van der Waals surface area contributed by atoms with Crippen LogP contribution in [0.3, 0.4) is 0 Å². The molecule has 0 aliphatic heterocycles. The molecule has 7 nitrogen and oxygen atoms in total. The fraction of sp³-hybridized carbons (Fsp3) is 0.579. The standard InChI is InChI=1S/C19H29NO6/c1-13(11-25-12-14-7-9-15(23-5)10-8-14)16(17(21)24-6)20-18(22)26-19(2,3)4/h7-10,13,16H,11-12H2,1-6H3,(H,20,22)/t13-,16-/m1/s1. The number of carbonyl (C=O) groups is 2. The minimum absolute atomic E-state index is 0.265. The number of hydrogen-bond acceptors (Lipinski definition) is 6. The van der Waals surface area contributed by atoms with E-state index in [4.69, 9.17) is 18.9 Å². The maximum atomic E-state index is 12.0. The van der Waals surface area contributed by atoms with Crippen molar-refractivity contribution >= 4 is 12.1 Å². The van der Waals surface area contributed by atoms with Gasteiger partial charge in [0.2, 0.25) is 0 Å². The Morgan fingerprint density at radius 2 is 1.73 bits per heavy atom. The first-order valence-electron chi connectivity index (χ1n) is 8.44. The molecule has 0 saturated carbocycles. The van der Waals surface area contributed by atoms with E-state index in [2.05, 4.69) is 5.32 Å². The zero-order valence-corrected chi connectivity index (χ0v) is 16.3. The third-order valence-corrected chi connectivity index (χ3v) is 3.50. The average molecular weight is 367 g/mol. The zero-order chi connectivity index (χ0) is 19.7. The largest absolute Gasteiger partial charge is 0.497 e. The molecule has 0 heterocycles. The molecule has 0 fully saturated rings. The first-order valence-corrected chi connectivity index (χ1v) is 8.44. The van der Waals surface area contributed by atoms with E-state index in [1.807, 2.05) is 24.3 Å². The second kappa shape index (κ2) is 10.0. The molecular formula is C19H29NO6. The molecule has 0 saturated heterocycles. The van der Waals surface area contributed by atoms with Crippen LogP contribution in [-0.2, 0) is 25.6 Å². The second-order valence-corrected chi connectivity index (χ2v) is 6.99. The minimum atomic E-state index is -0.856. The summed E-state index contributed by atoms with van der Waals surface area (Å²) in [7, 11) is 2.88. The summed E-state index contributed by atoms with van der Waals surface area (Å²) in [6.45, 7) is 7.70. The van der Waals surface area contributed by atoms with E-state index in [0.717, 1.165) is 11.3 Å². The molecule has 1 aromatic rings. The summed E-state index contributed by atoms with van der Waals surface area (Å²) >= 11 is 0. The Morgan fingerprint density at radius 3 is 2.23 bits per heavy atom. The molecule has 0 unspecified atom stereocenters.